The maximum absolute atomic E-state index is 11.9. The molecule has 0 spiro atoms. The molecule has 0 aromatic heterocycles. The van der Waals surface area contributed by atoms with Crippen LogP contribution in [0.5, 0.6) is 0 Å². The van der Waals surface area contributed by atoms with E-state index in [-0.39, 0.29) is 19.6 Å². The SMILES string of the molecule is CCOC(=O)CC(SCCO)C(=O)OC(C)(C)C. The Balaban J connectivity index is 4.46. The first-order valence-corrected chi connectivity index (χ1v) is 6.96. The standard InChI is InChI=1S/C12H22O5S/c1-5-16-10(14)8-9(18-7-6-13)11(15)17-12(2,3)4/h9,13H,5-8H2,1-4H3. The van der Waals surface area contributed by atoms with Gasteiger partial charge in [-0.15, -0.1) is 11.8 Å². The Morgan fingerprint density at radius 2 is 1.94 bits per heavy atom. The highest BCUT2D eigenvalue weighted by atomic mass is 32.2. The molecule has 1 atom stereocenters. The van der Waals surface area contributed by atoms with Crippen molar-refractivity contribution in [1.29, 1.82) is 0 Å². The fourth-order valence-corrected chi connectivity index (χ4v) is 1.97. The molecule has 0 amide bonds. The molecule has 0 heterocycles. The third-order valence-corrected chi connectivity index (χ3v) is 2.92. The molecule has 1 unspecified atom stereocenters. The zero-order chi connectivity index (χ0) is 14.2. The second-order valence-corrected chi connectivity index (χ2v) is 5.94. The van der Waals surface area contributed by atoms with Crippen molar-refractivity contribution < 1.29 is 24.2 Å². The topological polar surface area (TPSA) is 72.8 Å². The van der Waals surface area contributed by atoms with Gasteiger partial charge in [-0.3, -0.25) is 9.59 Å². The summed E-state index contributed by atoms with van der Waals surface area (Å²) < 4.78 is 10.0. The summed E-state index contributed by atoms with van der Waals surface area (Å²) in [5.41, 5.74) is -0.593. The van der Waals surface area contributed by atoms with Gasteiger partial charge in [0, 0.05) is 5.75 Å². The molecule has 1 N–H and O–H groups in total. The van der Waals surface area contributed by atoms with E-state index in [0.29, 0.717) is 5.75 Å². The van der Waals surface area contributed by atoms with Crippen LogP contribution in [0, 0.1) is 0 Å². The van der Waals surface area contributed by atoms with E-state index in [1.807, 2.05) is 0 Å². The lowest BCUT2D eigenvalue weighted by atomic mass is 10.2. The van der Waals surface area contributed by atoms with Gasteiger partial charge in [-0.25, -0.2) is 0 Å². The minimum atomic E-state index is -0.629. The molecule has 6 heteroatoms. The molecule has 0 saturated heterocycles. The highest BCUT2D eigenvalue weighted by Crippen LogP contribution is 2.20. The normalized spacial score (nSPS) is 12.9. The first-order chi connectivity index (χ1) is 8.30. The molecule has 18 heavy (non-hydrogen) atoms. The van der Waals surface area contributed by atoms with Crippen LogP contribution in [0.25, 0.3) is 0 Å². The zero-order valence-electron chi connectivity index (χ0n) is 11.4. The van der Waals surface area contributed by atoms with E-state index >= 15 is 0 Å². The van der Waals surface area contributed by atoms with Crippen LogP contribution in [0.1, 0.15) is 34.1 Å². The van der Waals surface area contributed by atoms with Crippen molar-refractivity contribution in [3.63, 3.8) is 0 Å². The Morgan fingerprint density at radius 3 is 2.39 bits per heavy atom. The summed E-state index contributed by atoms with van der Waals surface area (Å²) in [6.07, 6.45) is -0.0343. The van der Waals surface area contributed by atoms with E-state index in [4.69, 9.17) is 14.6 Å². The van der Waals surface area contributed by atoms with Crippen molar-refractivity contribution in [2.75, 3.05) is 19.0 Å². The number of aliphatic hydroxyl groups excluding tert-OH is 1. The number of carbonyl (C=O) groups excluding carboxylic acids is 2. The van der Waals surface area contributed by atoms with E-state index in [1.165, 1.54) is 11.8 Å². The van der Waals surface area contributed by atoms with Gasteiger partial charge in [-0.1, -0.05) is 0 Å². The van der Waals surface area contributed by atoms with Crippen LogP contribution >= 0.6 is 11.8 Å². The quantitative estimate of drug-likeness (QED) is 0.709. The van der Waals surface area contributed by atoms with Gasteiger partial charge in [-0.2, -0.15) is 0 Å². The number of thioether (sulfide) groups is 1. The van der Waals surface area contributed by atoms with Crippen molar-refractivity contribution >= 4 is 23.7 Å². The van der Waals surface area contributed by atoms with Gasteiger partial charge in [0.05, 0.1) is 19.6 Å². The van der Waals surface area contributed by atoms with E-state index < -0.39 is 22.8 Å². The molecular formula is C12H22O5S. The average Bonchev–Trinajstić information content (AvgIpc) is 2.21. The van der Waals surface area contributed by atoms with Crippen molar-refractivity contribution in [1.82, 2.24) is 0 Å². The Hall–Kier alpha value is -0.750. The van der Waals surface area contributed by atoms with Crippen LogP contribution in [-0.2, 0) is 19.1 Å². The van der Waals surface area contributed by atoms with Crippen molar-refractivity contribution in [2.24, 2.45) is 0 Å². The Morgan fingerprint density at radius 1 is 1.33 bits per heavy atom. The number of hydrogen-bond acceptors (Lipinski definition) is 6. The molecule has 0 aromatic carbocycles. The third-order valence-electron chi connectivity index (χ3n) is 1.74. The van der Waals surface area contributed by atoms with Crippen molar-refractivity contribution in [3.8, 4) is 0 Å². The summed E-state index contributed by atoms with van der Waals surface area (Å²) in [4.78, 5) is 23.3. The largest absolute Gasteiger partial charge is 0.466 e. The molecule has 0 aromatic rings. The summed E-state index contributed by atoms with van der Waals surface area (Å²) in [7, 11) is 0. The summed E-state index contributed by atoms with van der Waals surface area (Å²) in [6, 6.07) is 0. The molecule has 0 saturated carbocycles. The molecule has 5 nitrogen and oxygen atoms in total. The lowest BCUT2D eigenvalue weighted by Gasteiger charge is -2.23. The van der Waals surface area contributed by atoms with E-state index in [0.717, 1.165) is 0 Å². The van der Waals surface area contributed by atoms with Crippen LogP contribution in [0.3, 0.4) is 0 Å². The minimum Gasteiger partial charge on any atom is -0.466 e. The van der Waals surface area contributed by atoms with Gasteiger partial charge >= 0.3 is 11.9 Å². The maximum atomic E-state index is 11.9. The van der Waals surface area contributed by atoms with Gasteiger partial charge < -0.3 is 14.6 Å². The van der Waals surface area contributed by atoms with Gasteiger partial charge in [0.25, 0.3) is 0 Å². The van der Waals surface area contributed by atoms with Gasteiger partial charge in [0.2, 0.25) is 0 Å². The molecule has 0 fully saturated rings. The number of hydrogen-bond donors (Lipinski definition) is 1. The number of rotatable bonds is 7. The number of ether oxygens (including phenoxy) is 2. The first kappa shape index (κ1) is 17.2. The summed E-state index contributed by atoms with van der Waals surface area (Å²) in [5, 5.41) is 8.15. The van der Waals surface area contributed by atoms with Crippen molar-refractivity contribution in [3.05, 3.63) is 0 Å². The fourth-order valence-electron chi connectivity index (χ4n) is 1.14. The lowest BCUT2D eigenvalue weighted by molar-refractivity contribution is -0.157. The number of aliphatic hydroxyl groups is 1. The molecule has 0 bridgehead atoms. The molecule has 0 aliphatic rings. The summed E-state index contributed by atoms with van der Waals surface area (Å²) >= 11 is 1.20. The van der Waals surface area contributed by atoms with Gasteiger partial charge in [0.15, 0.2) is 0 Å². The minimum absolute atomic E-state index is 0.0343. The van der Waals surface area contributed by atoms with Crippen LogP contribution in [0.15, 0.2) is 0 Å². The molecular weight excluding hydrogens is 256 g/mol. The van der Waals surface area contributed by atoms with E-state index in [1.54, 1.807) is 27.7 Å². The zero-order valence-corrected chi connectivity index (χ0v) is 12.2. The van der Waals surface area contributed by atoms with E-state index in [2.05, 4.69) is 0 Å². The highest BCUT2D eigenvalue weighted by Gasteiger charge is 2.28. The fraction of sp³-hybridized carbons (Fsp3) is 0.833. The number of esters is 2. The molecule has 0 aliphatic carbocycles. The molecule has 0 rings (SSSR count). The summed E-state index contributed by atoms with van der Waals surface area (Å²) in [6.45, 7) is 7.24. The molecule has 106 valence electrons. The predicted octanol–water partition coefficient (Wildman–Crippen LogP) is 1.38. The monoisotopic (exact) mass is 278 g/mol. The molecule has 0 radical (unpaired) electrons. The summed E-state index contributed by atoms with van der Waals surface area (Å²) in [5.74, 6) is -0.503. The number of carbonyl (C=O) groups is 2. The lowest BCUT2D eigenvalue weighted by Crippen LogP contribution is -2.32. The smallest absolute Gasteiger partial charge is 0.320 e. The van der Waals surface area contributed by atoms with Crippen molar-refractivity contribution in [2.45, 2.75) is 45.0 Å². The maximum Gasteiger partial charge on any atom is 0.320 e. The highest BCUT2D eigenvalue weighted by molar-refractivity contribution is 8.00. The van der Waals surface area contributed by atoms with Crippen LogP contribution < -0.4 is 0 Å². The second-order valence-electron chi connectivity index (χ2n) is 4.63. The van der Waals surface area contributed by atoms with E-state index in [9.17, 15) is 9.59 Å². The second kappa shape index (κ2) is 8.37. The van der Waals surface area contributed by atoms with Crippen LogP contribution in [-0.4, -0.2) is 46.9 Å². The van der Waals surface area contributed by atoms with Crippen LogP contribution in [0.2, 0.25) is 0 Å². The van der Waals surface area contributed by atoms with Gasteiger partial charge in [-0.05, 0) is 27.7 Å². The van der Waals surface area contributed by atoms with Crippen LogP contribution in [0.4, 0.5) is 0 Å². The Kier molecular flexibility index (Phi) is 8.02. The predicted molar refractivity (Wildman–Crippen MR) is 70.4 cm³/mol. The third kappa shape index (κ3) is 8.36. The first-order valence-electron chi connectivity index (χ1n) is 5.91. The average molecular weight is 278 g/mol. The molecule has 0 aliphatic heterocycles. The van der Waals surface area contributed by atoms with Gasteiger partial charge in [0.1, 0.15) is 10.9 Å². The Labute approximate surface area is 112 Å². The Bertz CT molecular complexity index is 272.